The SMILES string of the molecule is Cc1nc2ccccn2c1CC(C)(C(=O)O)N(C)C. The molecule has 2 heterocycles. The maximum absolute atomic E-state index is 11.6. The standard InChI is InChI=1S/C14H19N3O2/c1-10-11(9-14(2,13(18)19)16(3)4)17-8-6-5-7-12(17)15-10/h5-8H,9H2,1-4H3,(H,18,19). The van der Waals surface area contributed by atoms with Gasteiger partial charge in [0.25, 0.3) is 0 Å². The summed E-state index contributed by atoms with van der Waals surface area (Å²) in [7, 11) is 3.57. The number of carbonyl (C=O) groups is 1. The fourth-order valence-corrected chi connectivity index (χ4v) is 2.13. The molecule has 0 aliphatic carbocycles. The van der Waals surface area contributed by atoms with Gasteiger partial charge in [-0.25, -0.2) is 4.98 Å². The highest BCUT2D eigenvalue weighted by Gasteiger charge is 2.37. The van der Waals surface area contributed by atoms with Gasteiger partial charge in [0.2, 0.25) is 0 Å². The highest BCUT2D eigenvalue weighted by Crippen LogP contribution is 2.22. The Kier molecular flexibility index (Phi) is 3.32. The Morgan fingerprint density at radius 2 is 2.16 bits per heavy atom. The zero-order valence-electron chi connectivity index (χ0n) is 11.7. The van der Waals surface area contributed by atoms with Crippen molar-refractivity contribution >= 4 is 11.6 Å². The Hall–Kier alpha value is -1.88. The van der Waals surface area contributed by atoms with Crippen LogP contribution in [0, 0.1) is 6.92 Å². The summed E-state index contributed by atoms with van der Waals surface area (Å²) in [5.41, 5.74) is 1.72. The molecule has 0 aliphatic rings. The molecule has 0 saturated carbocycles. The van der Waals surface area contributed by atoms with Crippen LogP contribution in [0.1, 0.15) is 18.3 Å². The van der Waals surface area contributed by atoms with E-state index in [1.807, 2.05) is 35.7 Å². The minimum atomic E-state index is -0.948. The lowest BCUT2D eigenvalue weighted by Gasteiger charge is -2.32. The molecule has 5 nitrogen and oxygen atoms in total. The summed E-state index contributed by atoms with van der Waals surface area (Å²) < 4.78 is 1.96. The largest absolute Gasteiger partial charge is 0.480 e. The van der Waals surface area contributed by atoms with Crippen molar-refractivity contribution in [2.75, 3.05) is 14.1 Å². The summed E-state index contributed by atoms with van der Waals surface area (Å²) in [6.07, 6.45) is 2.33. The van der Waals surface area contributed by atoms with Crippen molar-refractivity contribution in [3.8, 4) is 0 Å². The van der Waals surface area contributed by atoms with Crippen LogP contribution in [0.25, 0.3) is 5.65 Å². The van der Waals surface area contributed by atoms with E-state index in [0.717, 1.165) is 17.0 Å². The summed E-state index contributed by atoms with van der Waals surface area (Å²) >= 11 is 0. The van der Waals surface area contributed by atoms with E-state index in [-0.39, 0.29) is 0 Å². The molecule has 2 rings (SSSR count). The summed E-state index contributed by atoms with van der Waals surface area (Å²) in [5, 5.41) is 9.49. The van der Waals surface area contributed by atoms with Gasteiger partial charge in [-0.1, -0.05) is 6.07 Å². The lowest BCUT2D eigenvalue weighted by molar-refractivity contribution is -0.148. The summed E-state index contributed by atoms with van der Waals surface area (Å²) in [6, 6.07) is 5.77. The van der Waals surface area contributed by atoms with E-state index in [9.17, 15) is 9.90 Å². The van der Waals surface area contributed by atoms with Gasteiger partial charge in [-0.3, -0.25) is 9.69 Å². The van der Waals surface area contributed by atoms with Gasteiger partial charge in [0.15, 0.2) is 0 Å². The molecule has 1 atom stereocenters. The second-order valence-electron chi connectivity index (χ2n) is 5.22. The van der Waals surface area contributed by atoms with Gasteiger partial charge >= 0.3 is 5.97 Å². The Balaban J connectivity index is 2.51. The molecule has 0 amide bonds. The fraction of sp³-hybridized carbons (Fsp3) is 0.429. The zero-order valence-corrected chi connectivity index (χ0v) is 11.7. The molecule has 1 N–H and O–H groups in total. The van der Waals surface area contributed by atoms with E-state index in [2.05, 4.69) is 4.98 Å². The predicted octanol–water partition coefficient (Wildman–Crippen LogP) is 1.59. The summed E-state index contributed by atoms with van der Waals surface area (Å²) in [6.45, 7) is 3.65. The number of fused-ring (bicyclic) bond motifs is 1. The van der Waals surface area contributed by atoms with E-state index in [0.29, 0.717) is 6.42 Å². The van der Waals surface area contributed by atoms with Crippen LogP contribution in [0.4, 0.5) is 0 Å². The number of likely N-dealkylation sites (N-methyl/N-ethyl adjacent to an activating group) is 1. The third-order valence-electron chi connectivity index (χ3n) is 3.79. The van der Waals surface area contributed by atoms with E-state index in [1.54, 1.807) is 25.9 Å². The molecule has 1 unspecified atom stereocenters. The molecule has 2 aromatic rings. The predicted molar refractivity (Wildman–Crippen MR) is 73.4 cm³/mol. The van der Waals surface area contributed by atoms with Gasteiger partial charge in [-0.05, 0) is 40.1 Å². The minimum Gasteiger partial charge on any atom is -0.480 e. The molecule has 102 valence electrons. The second kappa shape index (κ2) is 4.66. The Bertz CT molecular complexity index is 618. The van der Waals surface area contributed by atoms with Crippen molar-refractivity contribution < 1.29 is 9.90 Å². The molecule has 0 bridgehead atoms. The first-order chi connectivity index (χ1) is 8.86. The number of hydrogen-bond acceptors (Lipinski definition) is 3. The molecular weight excluding hydrogens is 242 g/mol. The van der Waals surface area contributed by atoms with Crippen LogP contribution in [0.15, 0.2) is 24.4 Å². The van der Waals surface area contributed by atoms with Crippen LogP contribution in [0.3, 0.4) is 0 Å². The van der Waals surface area contributed by atoms with Crippen molar-refractivity contribution in [1.29, 1.82) is 0 Å². The maximum atomic E-state index is 11.6. The van der Waals surface area contributed by atoms with Crippen molar-refractivity contribution in [3.05, 3.63) is 35.8 Å². The number of nitrogens with zero attached hydrogens (tertiary/aromatic N) is 3. The summed E-state index contributed by atoms with van der Waals surface area (Å²) in [5.74, 6) is -0.831. The van der Waals surface area contributed by atoms with E-state index in [1.165, 1.54) is 0 Å². The van der Waals surface area contributed by atoms with Crippen molar-refractivity contribution in [3.63, 3.8) is 0 Å². The number of pyridine rings is 1. The van der Waals surface area contributed by atoms with Crippen LogP contribution in [-0.4, -0.2) is 45.0 Å². The molecule has 0 fully saturated rings. The van der Waals surface area contributed by atoms with E-state index >= 15 is 0 Å². The Labute approximate surface area is 112 Å². The average Bonchev–Trinajstić information content (AvgIpc) is 2.65. The molecular formula is C14H19N3O2. The van der Waals surface area contributed by atoms with Crippen molar-refractivity contribution in [2.45, 2.75) is 25.8 Å². The zero-order chi connectivity index (χ0) is 14.2. The van der Waals surface area contributed by atoms with Gasteiger partial charge in [-0.15, -0.1) is 0 Å². The lowest BCUT2D eigenvalue weighted by Crippen LogP contribution is -2.50. The number of aliphatic carboxylic acids is 1. The number of carboxylic acid groups (broad SMARTS) is 1. The molecule has 0 aromatic carbocycles. The third-order valence-corrected chi connectivity index (χ3v) is 3.79. The number of aryl methyl sites for hydroxylation is 1. The molecule has 19 heavy (non-hydrogen) atoms. The average molecular weight is 261 g/mol. The first-order valence-corrected chi connectivity index (χ1v) is 6.19. The van der Waals surface area contributed by atoms with E-state index in [4.69, 9.17) is 0 Å². The number of carboxylic acids is 1. The van der Waals surface area contributed by atoms with Gasteiger partial charge in [0, 0.05) is 18.3 Å². The molecule has 2 aromatic heterocycles. The highest BCUT2D eigenvalue weighted by atomic mass is 16.4. The Morgan fingerprint density at radius 1 is 1.47 bits per heavy atom. The Morgan fingerprint density at radius 3 is 2.74 bits per heavy atom. The van der Waals surface area contributed by atoms with Crippen LogP contribution in [0.5, 0.6) is 0 Å². The summed E-state index contributed by atoms with van der Waals surface area (Å²) in [4.78, 5) is 17.8. The number of rotatable bonds is 4. The molecule has 5 heteroatoms. The van der Waals surface area contributed by atoms with Gasteiger partial charge in [-0.2, -0.15) is 0 Å². The van der Waals surface area contributed by atoms with Crippen LogP contribution < -0.4 is 0 Å². The molecule has 0 radical (unpaired) electrons. The van der Waals surface area contributed by atoms with Gasteiger partial charge < -0.3 is 9.51 Å². The smallest absolute Gasteiger partial charge is 0.324 e. The normalized spacial score (nSPS) is 14.8. The maximum Gasteiger partial charge on any atom is 0.324 e. The van der Waals surface area contributed by atoms with Crippen molar-refractivity contribution in [1.82, 2.24) is 14.3 Å². The lowest BCUT2D eigenvalue weighted by atomic mass is 9.94. The fourth-order valence-electron chi connectivity index (χ4n) is 2.13. The quantitative estimate of drug-likeness (QED) is 0.908. The van der Waals surface area contributed by atoms with Crippen LogP contribution in [0.2, 0.25) is 0 Å². The first-order valence-electron chi connectivity index (χ1n) is 6.19. The van der Waals surface area contributed by atoms with Crippen LogP contribution >= 0.6 is 0 Å². The molecule has 0 saturated heterocycles. The number of aromatic nitrogens is 2. The number of hydrogen-bond donors (Lipinski definition) is 1. The monoisotopic (exact) mass is 261 g/mol. The van der Waals surface area contributed by atoms with E-state index < -0.39 is 11.5 Å². The van der Waals surface area contributed by atoms with Gasteiger partial charge in [0.05, 0.1) is 5.69 Å². The number of imidazole rings is 1. The molecule has 0 spiro atoms. The van der Waals surface area contributed by atoms with Gasteiger partial charge in [0.1, 0.15) is 11.2 Å². The first kappa shape index (κ1) is 13.5. The minimum absolute atomic E-state index is 0.409. The third kappa shape index (κ3) is 2.21. The topological polar surface area (TPSA) is 57.8 Å². The second-order valence-corrected chi connectivity index (χ2v) is 5.22. The molecule has 0 aliphatic heterocycles. The van der Waals surface area contributed by atoms with Crippen molar-refractivity contribution in [2.24, 2.45) is 0 Å². The highest BCUT2D eigenvalue weighted by molar-refractivity contribution is 5.78. The van der Waals surface area contributed by atoms with Crippen LogP contribution in [-0.2, 0) is 11.2 Å².